The summed E-state index contributed by atoms with van der Waals surface area (Å²) in [7, 11) is 0. The highest BCUT2D eigenvalue weighted by molar-refractivity contribution is 6.00. The Balaban J connectivity index is 2.13. The molecule has 0 amide bonds. The molecule has 90 valence electrons. The van der Waals surface area contributed by atoms with Crippen molar-refractivity contribution in [2.75, 3.05) is 19.7 Å². The molecule has 0 aromatic carbocycles. The summed E-state index contributed by atoms with van der Waals surface area (Å²) in [6, 6.07) is 0. The highest BCUT2D eigenvalue weighted by Crippen LogP contribution is 2.35. The second-order valence-corrected chi connectivity index (χ2v) is 4.86. The van der Waals surface area contributed by atoms with E-state index in [4.69, 9.17) is 4.74 Å². The van der Waals surface area contributed by atoms with Gasteiger partial charge in [0.15, 0.2) is 5.78 Å². The molecule has 1 unspecified atom stereocenters. The van der Waals surface area contributed by atoms with Crippen molar-refractivity contribution >= 4 is 5.78 Å². The summed E-state index contributed by atoms with van der Waals surface area (Å²) in [5, 5.41) is 3.36. The van der Waals surface area contributed by atoms with Crippen LogP contribution in [0.15, 0.2) is 11.8 Å². The number of nitrogens with one attached hydrogen (secondary N) is 1. The average molecular weight is 223 g/mol. The van der Waals surface area contributed by atoms with Gasteiger partial charge >= 0.3 is 0 Å². The van der Waals surface area contributed by atoms with E-state index in [0.717, 1.165) is 57.4 Å². The van der Waals surface area contributed by atoms with Crippen LogP contribution in [-0.2, 0) is 9.53 Å². The quantitative estimate of drug-likeness (QED) is 0.795. The molecule has 2 aliphatic heterocycles. The van der Waals surface area contributed by atoms with Gasteiger partial charge in [0.05, 0.1) is 12.9 Å². The minimum atomic E-state index is -0.162. The van der Waals surface area contributed by atoms with Gasteiger partial charge in [0.25, 0.3) is 0 Å². The van der Waals surface area contributed by atoms with Crippen LogP contribution >= 0.6 is 0 Å². The SMILES string of the molecule is CCC1(C(=O)C2=COCCC2)CCCNC1. The van der Waals surface area contributed by atoms with E-state index in [1.807, 2.05) is 0 Å². The number of hydrogen-bond acceptors (Lipinski definition) is 3. The Labute approximate surface area is 97.2 Å². The molecule has 2 rings (SSSR count). The maximum Gasteiger partial charge on any atom is 0.169 e. The predicted octanol–water partition coefficient (Wildman–Crippen LogP) is 2.03. The van der Waals surface area contributed by atoms with Crippen LogP contribution in [0.1, 0.15) is 39.0 Å². The Morgan fingerprint density at radius 2 is 2.44 bits per heavy atom. The summed E-state index contributed by atoms with van der Waals surface area (Å²) >= 11 is 0. The van der Waals surface area contributed by atoms with Crippen molar-refractivity contribution in [2.24, 2.45) is 5.41 Å². The summed E-state index contributed by atoms with van der Waals surface area (Å²) in [6.07, 6.45) is 6.61. The van der Waals surface area contributed by atoms with Crippen LogP contribution in [0.25, 0.3) is 0 Å². The van der Waals surface area contributed by atoms with Gasteiger partial charge in [-0.05, 0) is 38.6 Å². The van der Waals surface area contributed by atoms with Crippen molar-refractivity contribution in [2.45, 2.75) is 39.0 Å². The average Bonchev–Trinajstić information content (AvgIpc) is 2.39. The molecule has 0 spiro atoms. The number of ether oxygens (including phenoxy) is 1. The number of ketones is 1. The molecule has 0 aromatic rings. The first-order chi connectivity index (χ1) is 7.78. The molecule has 2 aliphatic rings. The number of piperidine rings is 1. The fourth-order valence-electron chi connectivity index (χ4n) is 2.70. The third-order valence-electron chi connectivity index (χ3n) is 3.86. The minimum absolute atomic E-state index is 0.162. The van der Waals surface area contributed by atoms with E-state index in [1.54, 1.807) is 6.26 Å². The summed E-state index contributed by atoms with van der Waals surface area (Å²) in [5.74, 6) is 0.321. The normalized spacial score (nSPS) is 30.4. The van der Waals surface area contributed by atoms with Crippen LogP contribution < -0.4 is 5.32 Å². The topological polar surface area (TPSA) is 38.3 Å². The smallest absolute Gasteiger partial charge is 0.169 e. The fraction of sp³-hybridized carbons (Fsp3) is 0.769. The van der Waals surface area contributed by atoms with Gasteiger partial charge in [-0.1, -0.05) is 6.92 Å². The second kappa shape index (κ2) is 5.00. The molecule has 0 aliphatic carbocycles. The minimum Gasteiger partial charge on any atom is -0.501 e. The van der Waals surface area contributed by atoms with Crippen molar-refractivity contribution in [1.82, 2.24) is 5.32 Å². The number of carbonyl (C=O) groups is 1. The molecule has 3 heteroatoms. The number of carbonyl (C=O) groups excluding carboxylic acids is 1. The van der Waals surface area contributed by atoms with E-state index >= 15 is 0 Å². The lowest BCUT2D eigenvalue weighted by Crippen LogP contribution is -2.45. The van der Waals surface area contributed by atoms with Crippen molar-refractivity contribution in [1.29, 1.82) is 0 Å². The molecule has 0 radical (unpaired) electrons. The van der Waals surface area contributed by atoms with E-state index in [1.165, 1.54) is 0 Å². The molecule has 1 atom stereocenters. The van der Waals surface area contributed by atoms with Crippen LogP contribution in [0, 0.1) is 5.41 Å². The molecule has 1 N–H and O–H groups in total. The first kappa shape index (κ1) is 11.6. The summed E-state index contributed by atoms with van der Waals surface area (Å²) in [5.41, 5.74) is 0.738. The van der Waals surface area contributed by atoms with Crippen LogP contribution in [0.3, 0.4) is 0 Å². The second-order valence-electron chi connectivity index (χ2n) is 4.86. The largest absolute Gasteiger partial charge is 0.501 e. The molecule has 2 heterocycles. The van der Waals surface area contributed by atoms with Gasteiger partial charge in [-0.15, -0.1) is 0 Å². The standard InChI is InChI=1S/C13H21NO2/c1-2-13(6-4-7-14-10-13)12(15)11-5-3-8-16-9-11/h9,14H,2-8,10H2,1H3. The zero-order chi connectivity index (χ0) is 11.4. The Morgan fingerprint density at radius 1 is 1.56 bits per heavy atom. The van der Waals surface area contributed by atoms with Crippen molar-refractivity contribution in [3.05, 3.63) is 11.8 Å². The van der Waals surface area contributed by atoms with Gasteiger partial charge < -0.3 is 10.1 Å². The highest BCUT2D eigenvalue weighted by atomic mass is 16.5. The molecule has 16 heavy (non-hydrogen) atoms. The van der Waals surface area contributed by atoms with Crippen LogP contribution in [0.2, 0.25) is 0 Å². The van der Waals surface area contributed by atoms with Gasteiger partial charge in [0, 0.05) is 17.5 Å². The third-order valence-corrected chi connectivity index (χ3v) is 3.86. The fourth-order valence-corrected chi connectivity index (χ4v) is 2.70. The number of allylic oxidation sites excluding steroid dienone is 1. The van der Waals surface area contributed by atoms with Gasteiger partial charge in [0.1, 0.15) is 0 Å². The maximum atomic E-state index is 12.5. The molecule has 3 nitrogen and oxygen atoms in total. The van der Waals surface area contributed by atoms with E-state index in [-0.39, 0.29) is 5.41 Å². The first-order valence-electron chi connectivity index (χ1n) is 6.35. The zero-order valence-electron chi connectivity index (χ0n) is 10.1. The van der Waals surface area contributed by atoms with E-state index in [0.29, 0.717) is 5.78 Å². The molecule has 1 saturated heterocycles. The van der Waals surface area contributed by atoms with Crippen LogP contribution in [0.5, 0.6) is 0 Å². The molecule has 0 bridgehead atoms. The Kier molecular flexibility index (Phi) is 3.64. The van der Waals surface area contributed by atoms with Gasteiger partial charge in [0.2, 0.25) is 0 Å². The molecular formula is C13H21NO2. The summed E-state index contributed by atoms with van der Waals surface area (Å²) in [6.45, 7) is 4.76. The lowest BCUT2D eigenvalue weighted by Gasteiger charge is -2.36. The van der Waals surface area contributed by atoms with Crippen LogP contribution in [0.4, 0.5) is 0 Å². The van der Waals surface area contributed by atoms with Gasteiger partial charge in [-0.25, -0.2) is 0 Å². The van der Waals surface area contributed by atoms with Crippen molar-refractivity contribution < 1.29 is 9.53 Å². The summed E-state index contributed by atoms with van der Waals surface area (Å²) < 4.78 is 5.28. The van der Waals surface area contributed by atoms with E-state index < -0.39 is 0 Å². The molecular weight excluding hydrogens is 202 g/mol. The monoisotopic (exact) mass is 223 g/mol. The lowest BCUT2D eigenvalue weighted by atomic mass is 9.72. The molecule has 0 aromatic heterocycles. The van der Waals surface area contributed by atoms with E-state index in [9.17, 15) is 4.79 Å². The van der Waals surface area contributed by atoms with Gasteiger partial charge in [-0.3, -0.25) is 4.79 Å². The van der Waals surface area contributed by atoms with Crippen molar-refractivity contribution in [3.63, 3.8) is 0 Å². The maximum absolute atomic E-state index is 12.5. The van der Waals surface area contributed by atoms with Gasteiger partial charge in [-0.2, -0.15) is 0 Å². The molecule has 0 saturated carbocycles. The lowest BCUT2D eigenvalue weighted by molar-refractivity contribution is -0.126. The van der Waals surface area contributed by atoms with Crippen LogP contribution in [-0.4, -0.2) is 25.5 Å². The predicted molar refractivity (Wildman–Crippen MR) is 63.1 cm³/mol. The highest BCUT2D eigenvalue weighted by Gasteiger charge is 2.39. The number of Topliss-reactive ketones (excluding diaryl/α,β-unsaturated/α-hetero) is 1. The Bertz CT molecular complexity index is 290. The first-order valence-corrected chi connectivity index (χ1v) is 6.35. The Morgan fingerprint density at radius 3 is 3.00 bits per heavy atom. The third kappa shape index (κ3) is 2.14. The summed E-state index contributed by atoms with van der Waals surface area (Å²) in [4.78, 5) is 12.5. The number of hydrogen-bond donors (Lipinski definition) is 1. The van der Waals surface area contributed by atoms with Crippen molar-refractivity contribution in [3.8, 4) is 0 Å². The zero-order valence-corrected chi connectivity index (χ0v) is 10.1. The Hall–Kier alpha value is -0.830. The van der Waals surface area contributed by atoms with E-state index in [2.05, 4.69) is 12.2 Å². The number of rotatable bonds is 3. The molecule has 1 fully saturated rings.